The van der Waals surface area contributed by atoms with Crippen molar-refractivity contribution >= 4 is 17.8 Å². The Morgan fingerprint density at radius 1 is 1.16 bits per heavy atom. The van der Waals surface area contributed by atoms with E-state index in [4.69, 9.17) is 9.72 Å². The topological polar surface area (TPSA) is 87.7 Å². The second kappa shape index (κ2) is 9.60. The Hall–Kier alpha value is -3.07. The number of hydrogen-bond donors (Lipinski definition) is 1. The number of nitrogens with one attached hydrogen (secondary N) is 1. The first-order valence-corrected chi connectivity index (χ1v) is 10.9. The molecule has 32 heavy (non-hydrogen) atoms. The number of aromatic nitrogens is 2. The van der Waals surface area contributed by atoms with Crippen LogP contribution in [-0.4, -0.2) is 72.1 Å². The molecule has 2 aliphatic heterocycles. The lowest BCUT2D eigenvalue weighted by Gasteiger charge is -2.27. The van der Waals surface area contributed by atoms with E-state index in [-0.39, 0.29) is 36.5 Å². The lowest BCUT2D eigenvalue weighted by Crippen LogP contribution is -2.39. The SMILES string of the molecule is CC(C)NC(=O)[C@H]1CN(C(=O)c2ccccc2F)C[C@@H]1c1ccnc(N2CCOCC2)n1. The van der Waals surface area contributed by atoms with Crippen LogP contribution in [0.2, 0.25) is 0 Å². The van der Waals surface area contributed by atoms with Crippen molar-refractivity contribution in [2.24, 2.45) is 5.92 Å². The Balaban J connectivity index is 1.61. The van der Waals surface area contributed by atoms with Crippen molar-refractivity contribution in [3.8, 4) is 0 Å². The van der Waals surface area contributed by atoms with Gasteiger partial charge in [0.1, 0.15) is 5.82 Å². The van der Waals surface area contributed by atoms with Crippen LogP contribution in [0.5, 0.6) is 0 Å². The summed E-state index contributed by atoms with van der Waals surface area (Å²) in [5.74, 6) is -1.34. The maximum absolute atomic E-state index is 14.2. The molecule has 2 amide bonds. The molecular weight excluding hydrogens is 413 g/mol. The van der Waals surface area contributed by atoms with Crippen molar-refractivity contribution in [2.45, 2.75) is 25.8 Å². The molecule has 0 radical (unpaired) electrons. The number of rotatable bonds is 5. The molecule has 1 aromatic heterocycles. The van der Waals surface area contributed by atoms with Gasteiger partial charge in [-0.25, -0.2) is 14.4 Å². The lowest BCUT2D eigenvalue weighted by atomic mass is 9.91. The standard InChI is InChI=1S/C23H28FN5O3/c1-15(2)26-21(30)18-14-29(22(31)16-5-3-4-6-19(16)24)13-17(18)20-7-8-25-23(27-20)28-9-11-32-12-10-28/h3-8,15,17-18H,9-14H2,1-2H3,(H,26,30)/t17-,18-/m0/s1. The van der Waals surface area contributed by atoms with Crippen molar-refractivity contribution in [2.75, 3.05) is 44.3 Å². The first-order chi connectivity index (χ1) is 15.4. The van der Waals surface area contributed by atoms with Gasteiger partial charge in [0.25, 0.3) is 5.91 Å². The van der Waals surface area contributed by atoms with Crippen molar-refractivity contribution in [1.29, 1.82) is 0 Å². The minimum atomic E-state index is -0.569. The van der Waals surface area contributed by atoms with Gasteiger partial charge >= 0.3 is 0 Å². The van der Waals surface area contributed by atoms with Gasteiger partial charge in [-0.05, 0) is 32.0 Å². The number of benzene rings is 1. The van der Waals surface area contributed by atoms with Crippen molar-refractivity contribution in [3.05, 3.63) is 53.6 Å². The van der Waals surface area contributed by atoms with E-state index in [2.05, 4.69) is 10.3 Å². The minimum Gasteiger partial charge on any atom is -0.378 e. The number of ether oxygens (including phenoxy) is 1. The second-order valence-electron chi connectivity index (χ2n) is 8.45. The number of morpholine rings is 1. The Bertz CT molecular complexity index is 980. The molecule has 8 nitrogen and oxygen atoms in total. The summed E-state index contributed by atoms with van der Waals surface area (Å²) in [5, 5.41) is 2.95. The maximum Gasteiger partial charge on any atom is 0.256 e. The summed E-state index contributed by atoms with van der Waals surface area (Å²) < 4.78 is 19.6. The highest BCUT2D eigenvalue weighted by atomic mass is 19.1. The number of likely N-dealkylation sites (tertiary alicyclic amines) is 1. The van der Waals surface area contributed by atoms with E-state index in [0.717, 1.165) is 0 Å². The quantitative estimate of drug-likeness (QED) is 0.762. The molecule has 2 atom stereocenters. The van der Waals surface area contributed by atoms with Crippen LogP contribution in [0.4, 0.5) is 10.3 Å². The van der Waals surface area contributed by atoms with Crippen molar-refractivity contribution < 1.29 is 18.7 Å². The fourth-order valence-electron chi connectivity index (χ4n) is 4.22. The number of halogens is 1. The summed E-state index contributed by atoms with van der Waals surface area (Å²) in [5.41, 5.74) is 0.710. The van der Waals surface area contributed by atoms with Gasteiger partial charge in [0, 0.05) is 44.3 Å². The largest absolute Gasteiger partial charge is 0.378 e. The van der Waals surface area contributed by atoms with E-state index in [1.165, 1.54) is 12.1 Å². The van der Waals surface area contributed by atoms with E-state index in [9.17, 15) is 14.0 Å². The lowest BCUT2D eigenvalue weighted by molar-refractivity contribution is -0.125. The Morgan fingerprint density at radius 3 is 2.62 bits per heavy atom. The first-order valence-electron chi connectivity index (χ1n) is 10.9. The molecule has 2 aromatic rings. The van der Waals surface area contributed by atoms with Crippen LogP contribution >= 0.6 is 0 Å². The summed E-state index contributed by atoms with van der Waals surface area (Å²) in [6.45, 7) is 6.89. The Morgan fingerprint density at radius 2 is 1.91 bits per heavy atom. The highest BCUT2D eigenvalue weighted by Gasteiger charge is 2.42. The third-order valence-electron chi connectivity index (χ3n) is 5.82. The number of hydrogen-bond acceptors (Lipinski definition) is 6. The van der Waals surface area contributed by atoms with E-state index in [0.29, 0.717) is 37.9 Å². The van der Waals surface area contributed by atoms with Gasteiger partial charge in [0.2, 0.25) is 11.9 Å². The molecular formula is C23H28FN5O3. The smallest absolute Gasteiger partial charge is 0.256 e. The van der Waals surface area contributed by atoms with Crippen LogP contribution in [-0.2, 0) is 9.53 Å². The fourth-order valence-corrected chi connectivity index (χ4v) is 4.22. The predicted octanol–water partition coefficient (Wildman–Crippen LogP) is 1.83. The van der Waals surface area contributed by atoms with E-state index >= 15 is 0 Å². The summed E-state index contributed by atoms with van der Waals surface area (Å²) >= 11 is 0. The Kier molecular flexibility index (Phi) is 6.64. The number of carbonyl (C=O) groups is 2. The Labute approximate surface area is 186 Å². The van der Waals surface area contributed by atoms with E-state index in [1.54, 1.807) is 29.3 Å². The van der Waals surface area contributed by atoms with E-state index < -0.39 is 17.6 Å². The van der Waals surface area contributed by atoms with Crippen molar-refractivity contribution in [1.82, 2.24) is 20.2 Å². The van der Waals surface area contributed by atoms with Crippen LogP contribution in [0.1, 0.15) is 35.8 Å². The summed E-state index contributed by atoms with van der Waals surface area (Å²) in [4.78, 5) is 38.8. The maximum atomic E-state index is 14.2. The van der Waals surface area contributed by atoms with Crippen molar-refractivity contribution in [3.63, 3.8) is 0 Å². The van der Waals surface area contributed by atoms with Gasteiger partial charge < -0.3 is 19.9 Å². The zero-order chi connectivity index (χ0) is 22.7. The van der Waals surface area contributed by atoms with Gasteiger partial charge in [-0.1, -0.05) is 12.1 Å². The fraction of sp³-hybridized carbons (Fsp3) is 0.478. The summed E-state index contributed by atoms with van der Waals surface area (Å²) in [6, 6.07) is 7.67. The second-order valence-corrected chi connectivity index (χ2v) is 8.45. The zero-order valence-electron chi connectivity index (χ0n) is 18.3. The molecule has 170 valence electrons. The van der Waals surface area contributed by atoms with Gasteiger partial charge in [0.05, 0.1) is 30.4 Å². The van der Waals surface area contributed by atoms with Gasteiger partial charge in [0.15, 0.2) is 0 Å². The molecule has 0 unspecified atom stereocenters. The van der Waals surface area contributed by atoms with Crippen LogP contribution in [0.15, 0.2) is 36.5 Å². The first kappa shape index (κ1) is 22.1. The minimum absolute atomic E-state index is 0.00728. The summed E-state index contributed by atoms with van der Waals surface area (Å²) in [6.07, 6.45) is 1.69. The molecule has 0 spiro atoms. The van der Waals surface area contributed by atoms with Crippen LogP contribution < -0.4 is 10.2 Å². The molecule has 2 fully saturated rings. The molecule has 1 aromatic carbocycles. The molecule has 3 heterocycles. The van der Waals surface area contributed by atoms with Crippen LogP contribution in [0, 0.1) is 11.7 Å². The molecule has 0 bridgehead atoms. The van der Waals surface area contributed by atoms with E-state index in [1.807, 2.05) is 18.7 Å². The van der Waals surface area contributed by atoms with Gasteiger partial charge in [-0.15, -0.1) is 0 Å². The molecule has 2 aliphatic rings. The number of nitrogens with zero attached hydrogens (tertiary/aromatic N) is 4. The highest BCUT2D eigenvalue weighted by Crippen LogP contribution is 2.33. The molecule has 9 heteroatoms. The number of anilines is 1. The monoisotopic (exact) mass is 441 g/mol. The number of carbonyl (C=O) groups excluding carboxylic acids is 2. The number of amides is 2. The molecule has 1 N–H and O–H groups in total. The average Bonchev–Trinajstić information content (AvgIpc) is 3.25. The normalized spacial score (nSPS) is 21.1. The van der Waals surface area contributed by atoms with Gasteiger partial charge in [-0.3, -0.25) is 9.59 Å². The van der Waals surface area contributed by atoms with Gasteiger partial charge in [-0.2, -0.15) is 0 Å². The zero-order valence-corrected chi connectivity index (χ0v) is 18.3. The molecule has 0 saturated carbocycles. The van der Waals surface area contributed by atoms with Crippen LogP contribution in [0.3, 0.4) is 0 Å². The molecule has 0 aliphatic carbocycles. The average molecular weight is 442 g/mol. The molecule has 2 saturated heterocycles. The molecule has 4 rings (SSSR count). The highest BCUT2D eigenvalue weighted by molar-refractivity contribution is 5.95. The third kappa shape index (κ3) is 4.72. The predicted molar refractivity (Wildman–Crippen MR) is 117 cm³/mol. The van der Waals surface area contributed by atoms with Crippen LogP contribution in [0.25, 0.3) is 0 Å². The summed E-state index contributed by atoms with van der Waals surface area (Å²) in [7, 11) is 0. The third-order valence-corrected chi connectivity index (χ3v) is 5.82.